The monoisotopic (exact) mass is 627 g/mol. The van der Waals surface area contributed by atoms with E-state index in [-0.39, 0.29) is 50.5 Å². The number of likely N-dealkylation sites (tertiary alicyclic amines) is 1. The average molecular weight is 628 g/mol. The third-order valence-corrected chi connectivity index (χ3v) is 8.39. The number of sulfonamides is 1. The predicted molar refractivity (Wildman–Crippen MR) is 125 cm³/mol. The van der Waals surface area contributed by atoms with Gasteiger partial charge in [0.1, 0.15) is 0 Å². The van der Waals surface area contributed by atoms with Crippen LogP contribution in [0.2, 0.25) is 0 Å². The number of amides is 1. The highest BCUT2D eigenvalue weighted by Crippen LogP contribution is 2.39. The maximum atomic E-state index is 13.4. The van der Waals surface area contributed by atoms with Crippen LogP contribution < -0.4 is 8.91 Å². The maximum Gasteiger partial charge on any atom is 0.534 e. The number of hydrogen-bond donors (Lipinski definition) is 2. The van der Waals surface area contributed by atoms with Crippen molar-refractivity contribution in [2.75, 3.05) is 12.9 Å². The minimum absolute atomic E-state index is 0.0687. The molecule has 1 aromatic rings. The zero-order valence-electron chi connectivity index (χ0n) is 21.1. The molecule has 1 aromatic heterocycles. The number of hydrogen-bond acceptors (Lipinski definition) is 8. The Hall–Kier alpha value is -2.38. The molecule has 0 bridgehead atoms. The molecule has 2 aliphatic rings. The molecule has 2 heterocycles. The van der Waals surface area contributed by atoms with Gasteiger partial charge in [0.15, 0.2) is 0 Å². The fourth-order valence-electron chi connectivity index (χ4n) is 4.95. The van der Waals surface area contributed by atoms with Gasteiger partial charge in [-0.05, 0) is 45.1 Å². The highest BCUT2D eigenvalue weighted by atomic mass is 32.2. The van der Waals surface area contributed by atoms with Crippen LogP contribution in [-0.4, -0.2) is 80.5 Å². The summed E-state index contributed by atoms with van der Waals surface area (Å²) in [5, 5.41) is 9.58. The number of carbonyl (C=O) groups is 1. The molecule has 0 aromatic carbocycles. The Bertz CT molecular complexity index is 1300. The van der Waals surface area contributed by atoms with Gasteiger partial charge in [0.05, 0.1) is 30.6 Å². The van der Waals surface area contributed by atoms with Crippen molar-refractivity contribution in [3.8, 4) is 5.88 Å². The number of pyridine rings is 1. The molecule has 40 heavy (non-hydrogen) atoms. The average Bonchev–Trinajstić information content (AvgIpc) is 3.09. The summed E-state index contributed by atoms with van der Waals surface area (Å²) in [7, 11) is -9.91. The Morgan fingerprint density at radius 2 is 1.70 bits per heavy atom. The van der Waals surface area contributed by atoms with Crippen molar-refractivity contribution in [1.82, 2.24) is 14.6 Å². The van der Waals surface area contributed by atoms with Gasteiger partial charge in [-0.3, -0.25) is 4.90 Å². The molecule has 0 unspecified atom stereocenters. The van der Waals surface area contributed by atoms with Crippen molar-refractivity contribution in [1.29, 1.82) is 0 Å². The van der Waals surface area contributed by atoms with Gasteiger partial charge in [0.2, 0.25) is 15.9 Å². The van der Waals surface area contributed by atoms with E-state index in [1.165, 1.54) is 0 Å². The molecule has 2 N–H and O–H groups in total. The summed E-state index contributed by atoms with van der Waals surface area (Å²) in [6, 6.07) is -1.38. The van der Waals surface area contributed by atoms with Gasteiger partial charge in [-0.1, -0.05) is 0 Å². The van der Waals surface area contributed by atoms with Crippen molar-refractivity contribution < 1.29 is 62.0 Å². The maximum absolute atomic E-state index is 13.4. The Labute approximate surface area is 226 Å². The Kier molecular flexibility index (Phi) is 9.22. The molecule has 1 amide bonds. The van der Waals surface area contributed by atoms with E-state index < -0.39 is 79.5 Å². The molecular weight excluding hydrogens is 600 g/mol. The van der Waals surface area contributed by atoms with Crippen molar-refractivity contribution >= 4 is 26.2 Å². The molecule has 3 atom stereocenters. The van der Waals surface area contributed by atoms with Crippen LogP contribution in [0.1, 0.15) is 56.2 Å². The minimum Gasteiger partial charge on any atom is -0.465 e. The number of halogens is 6. The van der Waals surface area contributed by atoms with Crippen LogP contribution in [-0.2, 0) is 31.1 Å². The van der Waals surface area contributed by atoms with Crippen LogP contribution in [0.25, 0.3) is 0 Å². The zero-order chi connectivity index (χ0) is 30.3. The largest absolute Gasteiger partial charge is 0.534 e. The number of rotatable bonds is 8. The number of ether oxygens (including phenoxy) is 1. The van der Waals surface area contributed by atoms with Crippen molar-refractivity contribution in [3.63, 3.8) is 0 Å². The Morgan fingerprint density at radius 1 is 1.10 bits per heavy atom. The number of nitrogens with zero attached hydrogens (tertiary/aromatic N) is 2. The third-order valence-electron chi connectivity index (χ3n) is 6.70. The second-order valence-electron chi connectivity index (χ2n) is 9.75. The number of alkyl halides is 6. The van der Waals surface area contributed by atoms with Crippen LogP contribution in [0.15, 0.2) is 12.1 Å². The fraction of sp³-hybridized carbons (Fsp3) is 0.714. The quantitative estimate of drug-likeness (QED) is 0.251. The summed E-state index contributed by atoms with van der Waals surface area (Å²) in [6.45, 7) is 1.46. The topological polar surface area (TPSA) is 152 Å². The van der Waals surface area contributed by atoms with E-state index in [1.54, 1.807) is 6.92 Å². The summed E-state index contributed by atoms with van der Waals surface area (Å²) in [4.78, 5) is 16.4. The van der Waals surface area contributed by atoms with Crippen LogP contribution >= 0.6 is 0 Å². The lowest BCUT2D eigenvalue weighted by molar-refractivity contribution is -0.137. The van der Waals surface area contributed by atoms with E-state index in [1.807, 2.05) is 0 Å². The van der Waals surface area contributed by atoms with Crippen LogP contribution in [0.5, 0.6) is 5.88 Å². The molecule has 1 saturated heterocycles. The minimum atomic E-state index is -6.25. The molecule has 1 aliphatic heterocycles. The summed E-state index contributed by atoms with van der Waals surface area (Å²) >= 11 is 0. The molecule has 1 aliphatic carbocycles. The first-order valence-corrected chi connectivity index (χ1v) is 15.2. The van der Waals surface area contributed by atoms with E-state index in [0.717, 1.165) is 11.2 Å². The second kappa shape index (κ2) is 11.5. The van der Waals surface area contributed by atoms with Gasteiger partial charge in [-0.2, -0.15) is 34.8 Å². The summed E-state index contributed by atoms with van der Waals surface area (Å²) in [5.41, 5.74) is -7.61. The second-order valence-corrected chi connectivity index (χ2v) is 13.1. The first-order chi connectivity index (χ1) is 18.2. The lowest BCUT2D eigenvalue weighted by atomic mass is 9.84. The summed E-state index contributed by atoms with van der Waals surface area (Å²) < 4.78 is 136. The van der Waals surface area contributed by atoms with Crippen LogP contribution in [0.4, 0.5) is 31.1 Å². The van der Waals surface area contributed by atoms with E-state index in [2.05, 4.69) is 13.9 Å². The summed E-state index contributed by atoms with van der Waals surface area (Å²) in [5.74, 6) is -2.06. The first-order valence-electron chi connectivity index (χ1n) is 11.9. The molecule has 228 valence electrons. The Morgan fingerprint density at radius 3 is 2.20 bits per heavy atom. The fourth-order valence-corrected chi connectivity index (χ4v) is 6.16. The van der Waals surface area contributed by atoms with E-state index in [0.29, 0.717) is 6.07 Å². The van der Waals surface area contributed by atoms with E-state index in [4.69, 9.17) is 4.74 Å². The van der Waals surface area contributed by atoms with Crippen molar-refractivity contribution in [3.05, 3.63) is 23.4 Å². The smallest absolute Gasteiger partial charge is 0.465 e. The van der Waals surface area contributed by atoms with Crippen LogP contribution in [0.3, 0.4) is 0 Å². The van der Waals surface area contributed by atoms with Gasteiger partial charge >= 0.3 is 27.9 Å². The van der Waals surface area contributed by atoms with Crippen LogP contribution in [0, 0.1) is 0 Å². The SMILES string of the molecule is C[C@@H]1C[C@H](NS(C)(=O)=O)[C@H](COC2CCC(c3cc(C(F)(F)F)cc(OS(=O)(=O)C(F)(F)F)n3)CC2)N1C(=O)O. The van der Waals surface area contributed by atoms with Gasteiger partial charge in [-0.25, -0.2) is 22.9 Å². The lowest BCUT2D eigenvalue weighted by Crippen LogP contribution is -2.50. The zero-order valence-corrected chi connectivity index (χ0v) is 22.7. The lowest BCUT2D eigenvalue weighted by Gasteiger charge is -2.32. The number of aromatic nitrogens is 1. The molecule has 11 nitrogen and oxygen atoms in total. The van der Waals surface area contributed by atoms with Gasteiger partial charge in [0, 0.05) is 29.8 Å². The van der Waals surface area contributed by atoms with Crippen molar-refractivity contribution in [2.45, 2.75) is 80.9 Å². The highest BCUT2D eigenvalue weighted by Gasteiger charge is 2.49. The van der Waals surface area contributed by atoms with Gasteiger partial charge < -0.3 is 14.0 Å². The standard InChI is InChI=1S/C21H27F6N3O8S2/c1-11-7-16(29-39(2,33)34)17(30(11)19(31)32)10-37-14-5-3-12(4-6-14)15-8-13(20(22,23)24)9-18(28-15)38-40(35,36)21(25,26)27/h8-9,11-12,14,16-17,29H,3-7,10H2,1-2H3,(H,31,32)/t11-,12?,14?,16+,17+/m1/s1. The highest BCUT2D eigenvalue weighted by molar-refractivity contribution is 7.88. The molecular formula is C21H27F6N3O8S2. The molecule has 0 spiro atoms. The molecule has 2 fully saturated rings. The van der Waals surface area contributed by atoms with Gasteiger partial charge in [0.25, 0.3) is 0 Å². The third kappa shape index (κ3) is 7.88. The molecule has 1 saturated carbocycles. The molecule has 19 heteroatoms. The number of nitrogens with one attached hydrogen (secondary N) is 1. The first kappa shape index (κ1) is 32.1. The predicted octanol–water partition coefficient (Wildman–Crippen LogP) is 3.43. The normalized spacial score (nSPS) is 26.6. The molecule has 3 rings (SSSR count). The molecule has 0 radical (unpaired) electrons. The van der Waals surface area contributed by atoms with Crippen molar-refractivity contribution in [2.24, 2.45) is 0 Å². The van der Waals surface area contributed by atoms with E-state index in [9.17, 15) is 53.1 Å². The summed E-state index contributed by atoms with van der Waals surface area (Å²) in [6.07, 6.45) is -4.77. The Balaban J connectivity index is 1.71. The van der Waals surface area contributed by atoms with E-state index >= 15 is 0 Å². The van der Waals surface area contributed by atoms with Gasteiger partial charge in [-0.15, -0.1) is 0 Å². The number of carboxylic acid groups (broad SMARTS) is 1.